The molecular formula is C21H15BrClN3O2S. The van der Waals surface area contributed by atoms with Gasteiger partial charge < -0.3 is 10.1 Å². The molecular weight excluding hydrogens is 474 g/mol. The van der Waals surface area contributed by atoms with Gasteiger partial charge in [-0.25, -0.2) is 4.79 Å². The molecule has 8 heteroatoms. The molecule has 0 unspecified atom stereocenters. The number of rotatable bonds is 5. The van der Waals surface area contributed by atoms with Crippen LogP contribution in [0.1, 0.15) is 15.9 Å². The van der Waals surface area contributed by atoms with Crippen LogP contribution in [0.4, 0.5) is 5.69 Å². The fourth-order valence-corrected chi connectivity index (χ4v) is 3.11. The number of thiocarbonyl (C=S) groups is 1. The summed E-state index contributed by atoms with van der Waals surface area (Å²) in [4.78, 5) is 12.2. The molecule has 0 aliphatic heterocycles. The van der Waals surface area contributed by atoms with Crippen LogP contribution < -0.4 is 15.5 Å². The Morgan fingerprint density at radius 1 is 1.07 bits per heavy atom. The largest absolute Gasteiger partial charge is 0.423 e. The van der Waals surface area contributed by atoms with Gasteiger partial charge in [0, 0.05) is 15.2 Å². The van der Waals surface area contributed by atoms with Crippen LogP contribution in [0.25, 0.3) is 0 Å². The number of halogens is 2. The van der Waals surface area contributed by atoms with Crippen LogP contribution in [0.15, 0.2) is 82.4 Å². The number of ether oxygens (including phenoxy) is 1. The van der Waals surface area contributed by atoms with Crippen molar-refractivity contribution < 1.29 is 9.53 Å². The average molecular weight is 489 g/mol. The first kappa shape index (κ1) is 21.0. The number of nitrogens with one attached hydrogen (secondary N) is 2. The summed E-state index contributed by atoms with van der Waals surface area (Å²) < 4.78 is 6.07. The second-order valence-corrected chi connectivity index (χ2v) is 7.47. The molecule has 3 aromatic rings. The van der Waals surface area contributed by atoms with Gasteiger partial charge in [0.05, 0.1) is 11.8 Å². The highest BCUT2D eigenvalue weighted by molar-refractivity contribution is 9.10. The lowest BCUT2D eigenvalue weighted by Gasteiger charge is -2.07. The molecule has 0 aliphatic carbocycles. The quantitative estimate of drug-likeness (QED) is 0.160. The Morgan fingerprint density at radius 3 is 2.55 bits per heavy atom. The maximum atomic E-state index is 12.2. The summed E-state index contributed by atoms with van der Waals surface area (Å²) in [6.45, 7) is 0. The summed E-state index contributed by atoms with van der Waals surface area (Å²) in [5, 5.41) is 8.01. The fourth-order valence-electron chi connectivity index (χ4n) is 2.30. The maximum Gasteiger partial charge on any atom is 0.344 e. The molecule has 29 heavy (non-hydrogen) atoms. The van der Waals surface area contributed by atoms with Gasteiger partial charge in [-0.15, -0.1) is 0 Å². The van der Waals surface area contributed by atoms with Crippen LogP contribution >= 0.6 is 39.7 Å². The lowest BCUT2D eigenvalue weighted by molar-refractivity contribution is 0.0734. The van der Waals surface area contributed by atoms with E-state index in [1.807, 2.05) is 18.2 Å². The molecule has 5 nitrogen and oxygen atoms in total. The third kappa shape index (κ3) is 6.39. The minimum Gasteiger partial charge on any atom is -0.423 e. The van der Waals surface area contributed by atoms with Gasteiger partial charge in [0.2, 0.25) is 0 Å². The zero-order valence-corrected chi connectivity index (χ0v) is 18.1. The van der Waals surface area contributed by atoms with Crippen LogP contribution in [0.3, 0.4) is 0 Å². The van der Waals surface area contributed by atoms with Crippen LogP contribution in [-0.2, 0) is 0 Å². The smallest absolute Gasteiger partial charge is 0.344 e. The molecule has 0 saturated carbocycles. The molecule has 0 aliphatic rings. The number of carbonyl (C=O) groups excluding carboxylic acids is 1. The maximum absolute atomic E-state index is 12.2. The normalized spacial score (nSPS) is 10.6. The summed E-state index contributed by atoms with van der Waals surface area (Å²) in [5.74, 6) is 0.00648. The monoisotopic (exact) mass is 487 g/mol. The van der Waals surface area contributed by atoms with Crippen molar-refractivity contribution in [3.8, 4) is 5.75 Å². The van der Waals surface area contributed by atoms with Gasteiger partial charge in [-0.2, -0.15) is 5.10 Å². The molecule has 0 bridgehead atoms. The number of anilines is 1. The van der Waals surface area contributed by atoms with Crippen LogP contribution in [0, 0.1) is 0 Å². The van der Waals surface area contributed by atoms with Gasteiger partial charge in [-0.3, -0.25) is 5.43 Å². The van der Waals surface area contributed by atoms with E-state index in [9.17, 15) is 4.79 Å². The Labute approximate surface area is 186 Å². The molecule has 0 aromatic heterocycles. The lowest BCUT2D eigenvalue weighted by atomic mass is 10.2. The highest BCUT2D eigenvalue weighted by Gasteiger charge is 2.11. The predicted molar refractivity (Wildman–Crippen MR) is 124 cm³/mol. The number of hydrogen-bond donors (Lipinski definition) is 2. The van der Waals surface area contributed by atoms with Crippen molar-refractivity contribution in [3.63, 3.8) is 0 Å². The SMILES string of the molecule is O=C(Oc1ccc(/C=N\NC(=S)Nc2cccc(Cl)c2)cc1)c1ccccc1Br. The molecule has 0 fully saturated rings. The number of nitrogens with zero attached hydrogens (tertiary/aromatic N) is 1. The Kier molecular flexibility index (Phi) is 7.35. The Hall–Kier alpha value is -2.74. The third-order valence-corrected chi connectivity index (χ3v) is 4.77. The average Bonchev–Trinajstić information content (AvgIpc) is 2.69. The van der Waals surface area contributed by atoms with Gasteiger partial charge in [0.1, 0.15) is 5.75 Å². The fraction of sp³-hybridized carbons (Fsp3) is 0. The number of benzene rings is 3. The zero-order chi connectivity index (χ0) is 20.6. The van der Waals surface area contributed by atoms with Gasteiger partial charge in [0.15, 0.2) is 5.11 Å². The number of hydrazone groups is 1. The molecule has 0 saturated heterocycles. The third-order valence-electron chi connectivity index (χ3n) is 3.65. The van der Waals surface area contributed by atoms with E-state index in [0.717, 1.165) is 11.3 Å². The standard InChI is InChI=1S/C21H15BrClN3O2S/c22-19-7-2-1-6-18(19)20(27)28-17-10-8-14(9-11-17)13-24-26-21(29)25-16-5-3-4-15(23)12-16/h1-13H,(H2,25,26,29)/b24-13-. The van der Waals surface area contributed by atoms with E-state index in [1.165, 1.54) is 0 Å². The van der Waals surface area contributed by atoms with Crippen molar-refractivity contribution in [2.45, 2.75) is 0 Å². The minimum absolute atomic E-state index is 0.336. The van der Waals surface area contributed by atoms with Crippen molar-refractivity contribution >= 4 is 62.7 Å². The summed E-state index contributed by atoms with van der Waals surface area (Å²) >= 11 is 14.5. The number of carbonyl (C=O) groups is 1. The van der Waals surface area contributed by atoms with Crippen molar-refractivity contribution in [2.75, 3.05) is 5.32 Å². The van der Waals surface area contributed by atoms with Crippen molar-refractivity contribution in [1.29, 1.82) is 0 Å². The molecule has 0 heterocycles. The van der Waals surface area contributed by atoms with E-state index < -0.39 is 5.97 Å². The minimum atomic E-state index is -0.432. The second kappa shape index (κ2) is 10.2. The first-order chi connectivity index (χ1) is 14.0. The van der Waals surface area contributed by atoms with E-state index in [-0.39, 0.29) is 0 Å². The van der Waals surface area contributed by atoms with Crippen molar-refractivity contribution in [2.24, 2.45) is 5.10 Å². The topological polar surface area (TPSA) is 62.7 Å². The van der Waals surface area contributed by atoms with E-state index in [2.05, 4.69) is 31.8 Å². The molecule has 3 aromatic carbocycles. The Bertz CT molecular complexity index is 1060. The first-order valence-electron chi connectivity index (χ1n) is 8.44. The zero-order valence-electron chi connectivity index (χ0n) is 14.9. The summed E-state index contributed by atoms with van der Waals surface area (Å²) in [6.07, 6.45) is 1.60. The van der Waals surface area contributed by atoms with E-state index in [0.29, 0.717) is 25.9 Å². The van der Waals surface area contributed by atoms with Crippen molar-refractivity contribution in [3.05, 3.63) is 93.4 Å². The Balaban J connectivity index is 1.53. The van der Waals surface area contributed by atoms with Crippen LogP contribution in [0.2, 0.25) is 5.02 Å². The van der Waals surface area contributed by atoms with Crippen molar-refractivity contribution in [1.82, 2.24) is 5.43 Å². The Morgan fingerprint density at radius 2 is 1.83 bits per heavy atom. The molecule has 146 valence electrons. The van der Waals surface area contributed by atoms with Gasteiger partial charge in [0.25, 0.3) is 0 Å². The van der Waals surface area contributed by atoms with Gasteiger partial charge >= 0.3 is 5.97 Å². The van der Waals surface area contributed by atoms with Gasteiger partial charge in [-0.1, -0.05) is 29.8 Å². The van der Waals surface area contributed by atoms with Crippen LogP contribution in [-0.4, -0.2) is 17.3 Å². The first-order valence-corrected chi connectivity index (χ1v) is 10.0. The summed E-state index contributed by atoms with van der Waals surface area (Å²) in [7, 11) is 0. The van der Waals surface area contributed by atoms with Gasteiger partial charge in [-0.05, 0) is 88.3 Å². The van der Waals surface area contributed by atoms with E-state index in [1.54, 1.807) is 60.8 Å². The summed E-state index contributed by atoms with van der Waals surface area (Å²) in [6, 6.07) is 21.2. The second-order valence-electron chi connectivity index (χ2n) is 5.77. The lowest BCUT2D eigenvalue weighted by Crippen LogP contribution is -2.23. The van der Waals surface area contributed by atoms with E-state index in [4.69, 9.17) is 28.6 Å². The van der Waals surface area contributed by atoms with Crippen LogP contribution in [0.5, 0.6) is 5.75 Å². The molecule has 0 radical (unpaired) electrons. The molecule has 0 spiro atoms. The molecule has 0 amide bonds. The number of esters is 1. The van der Waals surface area contributed by atoms with E-state index >= 15 is 0 Å². The highest BCUT2D eigenvalue weighted by atomic mass is 79.9. The number of hydrogen-bond acceptors (Lipinski definition) is 4. The summed E-state index contributed by atoms with van der Waals surface area (Å²) in [5.41, 5.74) is 4.77. The predicted octanol–water partition coefficient (Wildman–Crippen LogP) is 5.64. The highest BCUT2D eigenvalue weighted by Crippen LogP contribution is 2.19. The molecule has 2 N–H and O–H groups in total. The molecule has 0 atom stereocenters. The molecule has 3 rings (SSSR count).